The molecule has 42 heavy (non-hydrogen) atoms. The van der Waals surface area contributed by atoms with Crippen molar-refractivity contribution in [1.29, 1.82) is 0 Å². The van der Waals surface area contributed by atoms with Crippen molar-refractivity contribution in [3.05, 3.63) is 0 Å². The topological polar surface area (TPSA) is 149 Å². The summed E-state index contributed by atoms with van der Waals surface area (Å²) in [5.74, 6) is 0.102. The van der Waals surface area contributed by atoms with Crippen molar-refractivity contribution >= 4 is 23.9 Å². The van der Waals surface area contributed by atoms with Crippen molar-refractivity contribution in [1.82, 2.24) is 0 Å². The maximum absolute atomic E-state index is 10.0. The van der Waals surface area contributed by atoms with E-state index in [1.165, 1.54) is 0 Å². The molecule has 0 rings (SSSR count). The number of aliphatic carboxylic acids is 4. The van der Waals surface area contributed by atoms with Crippen LogP contribution < -0.4 is 0 Å². The van der Waals surface area contributed by atoms with E-state index in [0.717, 1.165) is 77.0 Å². The SMILES string of the molecule is CC(C)CCCCC(=O)O.CC(C)CCCCC(=O)O.CC(C)CCCCC(=O)O.CC(C)CCCCC(=O)O.[Co].[Mn]. The van der Waals surface area contributed by atoms with E-state index in [2.05, 4.69) is 55.4 Å². The van der Waals surface area contributed by atoms with E-state index in [1.54, 1.807) is 0 Å². The molecule has 0 saturated carbocycles. The smallest absolute Gasteiger partial charge is 0.303 e. The van der Waals surface area contributed by atoms with Crippen molar-refractivity contribution in [3.8, 4) is 0 Å². The summed E-state index contributed by atoms with van der Waals surface area (Å²) < 4.78 is 0. The van der Waals surface area contributed by atoms with E-state index in [9.17, 15) is 19.2 Å². The van der Waals surface area contributed by atoms with Gasteiger partial charge < -0.3 is 20.4 Å². The second-order valence-electron chi connectivity index (χ2n) is 12.1. The fourth-order valence-corrected chi connectivity index (χ4v) is 3.32. The summed E-state index contributed by atoms with van der Waals surface area (Å²) in [4.78, 5) is 40.2. The number of carboxylic acid groups (broad SMARTS) is 4. The average Bonchev–Trinajstić information content (AvgIpc) is 2.80. The molecule has 4 N–H and O–H groups in total. The molecule has 0 fully saturated rings. The Balaban J connectivity index is -0.000000101. The second-order valence-corrected chi connectivity index (χ2v) is 12.1. The Morgan fingerprint density at radius 3 is 0.619 bits per heavy atom. The Kier molecular flexibility index (Phi) is 50.8. The van der Waals surface area contributed by atoms with Crippen molar-refractivity contribution in [2.75, 3.05) is 0 Å². The van der Waals surface area contributed by atoms with Crippen LogP contribution in [0.1, 0.15) is 158 Å². The van der Waals surface area contributed by atoms with E-state index in [1.807, 2.05) is 0 Å². The van der Waals surface area contributed by atoms with Crippen molar-refractivity contribution in [2.45, 2.75) is 158 Å². The monoisotopic (exact) mass is 690 g/mol. The van der Waals surface area contributed by atoms with Gasteiger partial charge >= 0.3 is 23.9 Å². The summed E-state index contributed by atoms with van der Waals surface area (Å²) >= 11 is 0. The van der Waals surface area contributed by atoms with Gasteiger partial charge in [-0.15, -0.1) is 0 Å². The minimum Gasteiger partial charge on any atom is -0.481 e. The first-order chi connectivity index (χ1) is 18.5. The predicted molar refractivity (Wildman–Crippen MR) is 164 cm³/mol. The third kappa shape index (κ3) is 77.2. The van der Waals surface area contributed by atoms with Gasteiger partial charge in [0.1, 0.15) is 0 Å². The van der Waals surface area contributed by atoms with Gasteiger partial charge in [-0.3, -0.25) is 19.2 Å². The number of unbranched alkanes of at least 4 members (excludes halogenated alkanes) is 4. The van der Waals surface area contributed by atoms with Gasteiger partial charge in [-0.25, -0.2) is 0 Å². The fraction of sp³-hybridized carbons (Fsp3) is 0.875. The molecule has 0 aromatic rings. The number of hydrogen-bond acceptors (Lipinski definition) is 4. The van der Waals surface area contributed by atoms with Gasteiger partial charge in [-0.2, -0.15) is 0 Å². The standard InChI is InChI=1S/4C8H16O2.Co.Mn/c4*1-7(2)5-3-4-6-8(9)10;;/h4*7H,3-6H2,1-2H3,(H,9,10);;. The molecule has 0 aromatic carbocycles. The summed E-state index contributed by atoms with van der Waals surface area (Å²) in [5.41, 5.74) is 0. The minimum absolute atomic E-state index is 0. The Hall–Kier alpha value is -1.09. The van der Waals surface area contributed by atoms with E-state index in [-0.39, 0.29) is 33.8 Å². The summed E-state index contributed by atoms with van der Waals surface area (Å²) in [6.45, 7) is 17.2. The third-order valence-corrected chi connectivity index (χ3v) is 5.69. The molecular weight excluding hydrogens is 626 g/mol. The first kappa shape index (κ1) is 53.5. The van der Waals surface area contributed by atoms with Gasteiger partial charge in [0, 0.05) is 59.5 Å². The van der Waals surface area contributed by atoms with Gasteiger partial charge in [0.15, 0.2) is 0 Å². The van der Waals surface area contributed by atoms with Crippen LogP contribution >= 0.6 is 0 Å². The molecular formula is C32H64CoMnO8. The van der Waals surface area contributed by atoms with E-state index < -0.39 is 23.9 Å². The van der Waals surface area contributed by atoms with Crippen molar-refractivity contribution in [2.24, 2.45) is 23.7 Å². The molecule has 256 valence electrons. The normalized spacial score (nSPS) is 9.81. The number of rotatable bonds is 20. The van der Waals surface area contributed by atoms with E-state index >= 15 is 0 Å². The molecule has 0 bridgehead atoms. The maximum atomic E-state index is 10.0. The Bertz CT molecular complexity index is 507. The average molecular weight is 691 g/mol. The predicted octanol–water partition coefficient (Wildman–Crippen LogP) is 9.14. The van der Waals surface area contributed by atoms with Crippen molar-refractivity contribution < 1.29 is 73.5 Å². The first-order valence-electron chi connectivity index (χ1n) is 15.4. The van der Waals surface area contributed by atoms with Crippen LogP contribution in [0.15, 0.2) is 0 Å². The van der Waals surface area contributed by atoms with Gasteiger partial charge in [0.25, 0.3) is 0 Å². The second kappa shape index (κ2) is 39.9. The van der Waals surface area contributed by atoms with E-state index in [0.29, 0.717) is 49.4 Å². The fourth-order valence-electron chi connectivity index (χ4n) is 3.32. The number of carbonyl (C=O) groups is 4. The summed E-state index contributed by atoms with van der Waals surface area (Å²) in [5, 5.41) is 33.1. The Morgan fingerprint density at radius 1 is 0.381 bits per heavy atom. The van der Waals surface area contributed by atoms with Gasteiger partial charge in [-0.1, -0.05) is 107 Å². The maximum Gasteiger partial charge on any atom is 0.303 e. The zero-order chi connectivity index (χ0) is 31.9. The molecule has 0 atom stereocenters. The molecule has 0 heterocycles. The van der Waals surface area contributed by atoms with Crippen LogP contribution in [-0.2, 0) is 53.0 Å². The molecule has 0 saturated heterocycles. The summed E-state index contributed by atoms with van der Waals surface area (Å²) in [6.07, 6.45) is 13.4. The Morgan fingerprint density at radius 2 is 0.524 bits per heavy atom. The van der Waals surface area contributed by atoms with E-state index in [4.69, 9.17) is 20.4 Å². The third-order valence-electron chi connectivity index (χ3n) is 5.69. The van der Waals surface area contributed by atoms with Crippen LogP contribution in [0.25, 0.3) is 0 Å². The molecule has 0 spiro atoms. The largest absolute Gasteiger partial charge is 0.481 e. The zero-order valence-corrected chi connectivity index (χ0v) is 30.0. The molecule has 8 nitrogen and oxygen atoms in total. The number of carboxylic acids is 4. The van der Waals surface area contributed by atoms with Gasteiger partial charge in [0.2, 0.25) is 0 Å². The van der Waals surface area contributed by atoms with Crippen LogP contribution in [0.5, 0.6) is 0 Å². The molecule has 0 unspecified atom stereocenters. The quantitative estimate of drug-likeness (QED) is 0.0730. The molecule has 10 heteroatoms. The summed E-state index contributed by atoms with van der Waals surface area (Å²) in [7, 11) is 0. The molecule has 0 amide bonds. The van der Waals surface area contributed by atoms with Crippen LogP contribution in [0.4, 0.5) is 0 Å². The first-order valence-corrected chi connectivity index (χ1v) is 15.4. The molecule has 0 aliphatic rings. The van der Waals surface area contributed by atoms with Crippen LogP contribution in [0.3, 0.4) is 0 Å². The van der Waals surface area contributed by atoms with Crippen LogP contribution in [-0.4, -0.2) is 44.3 Å². The molecule has 0 aliphatic heterocycles. The van der Waals surface area contributed by atoms with Gasteiger partial charge in [-0.05, 0) is 49.4 Å². The molecule has 2 radical (unpaired) electrons. The summed E-state index contributed by atoms with van der Waals surface area (Å²) in [6, 6.07) is 0. The van der Waals surface area contributed by atoms with Crippen LogP contribution in [0.2, 0.25) is 0 Å². The number of hydrogen-bond donors (Lipinski definition) is 4. The Labute approximate surface area is 278 Å². The van der Waals surface area contributed by atoms with Crippen molar-refractivity contribution in [3.63, 3.8) is 0 Å². The zero-order valence-electron chi connectivity index (χ0n) is 27.8. The minimum atomic E-state index is -0.677. The molecule has 0 aliphatic carbocycles. The molecule has 0 aromatic heterocycles. The van der Waals surface area contributed by atoms with Crippen LogP contribution in [0, 0.1) is 23.7 Å². The van der Waals surface area contributed by atoms with Gasteiger partial charge in [0.05, 0.1) is 0 Å².